The van der Waals surface area contributed by atoms with E-state index in [2.05, 4.69) is 28.8 Å². The molecule has 1 amide bonds. The van der Waals surface area contributed by atoms with Gasteiger partial charge in [0.25, 0.3) is 0 Å². The van der Waals surface area contributed by atoms with Crippen molar-refractivity contribution in [2.75, 3.05) is 5.32 Å². The molecule has 1 aliphatic rings. The lowest BCUT2D eigenvalue weighted by molar-refractivity contribution is -0.118. The van der Waals surface area contributed by atoms with Crippen LogP contribution in [0.5, 0.6) is 0 Å². The molecular weight excluding hydrogens is 298 g/mol. The Balaban J connectivity index is 1.65. The van der Waals surface area contributed by atoms with Crippen molar-refractivity contribution in [2.45, 2.75) is 31.8 Å². The minimum atomic E-state index is -0.318. The third kappa shape index (κ3) is 4.01. The number of amides is 1. The second-order valence-electron chi connectivity index (χ2n) is 6.30. The molecule has 24 heavy (non-hydrogen) atoms. The van der Waals surface area contributed by atoms with E-state index in [-0.39, 0.29) is 18.0 Å². The van der Waals surface area contributed by atoms with E-state index in [0.717, 1.165) is 0 Å². The summed E-state index contributed by atoms with van der Waals surface area (Å²) in [5.74, 6) is 0.510. The third-order valence-electron chi connectivity index (χ3n) is 4.33. The lowest BCUT2D eigenvalue weighted by Gasteiger charge is -2.23. The van der Waals surface area contributed by atoms with Crippen molar-refractivity contribution in [3.05, 3.63) is 65.7 Å². The molecule has 0 aromatic heterocycles. The van der Waals surface area contributed by atoms with Gasteiger partial charge in [-0.15, -0.1) is 0 Å². The Hall–Kier alpha value is -2.64. The van der Waals surface area contributed by atoms with Crippen LogP contribution in [-0.4, -0.2) is 11.9 Å². The summed E-state index contributed by atoms with van der Waals surface area (Å²) in [6.45, 7) is 1.88. The summed E-state index contributed by atoms with van der Waals surface area (Å²) in [5, 5.41) is 15.3. The van der Waals surface area contributed by atoms with E-state index in [0.29, 0.717) is 17.2 Å². The molecule has 2 atom stereocenters. The van der Waals surface area contributed by atoms with Crippen LogP contribution in [0, 0.1) is 17.2 Å². The number of anilines is 1. The maximum Gasteiger partial charge on any atom is 0.241 e. The largest absolute Gasteiger partial charge is 0.325 e. The fourth-order valence-corrected chi connectivity index (χ4v) is 2.86. The highest BCUT2D eigenvalue weighted by molar-refractivity contribution is 5.94. The number of carbonyl (C=O) groups excluding carboxylic acids is 1. The molecule has 0 spiro atoms. The van der Waals surface area contributed by atoms with Crippen molar-refractivity contribution in [1.82, 2.24) is 5.32 Å². The lowest BCUT2D eigenvalue weighted by atomic mass is 10.0. The Bertz CT molecular complexity index is 747. The highest BCUT2D eigenvalue weighted by atomic mass is 16.2. The molecule has 2 N–H and O–H groups in total. The van der Waals surface area contributed by atoms with Gasteiger partial charge in [0.15, 0.2) is 0 Å². The SMILES string of the molecule is C[C@@H](N[C@@H](c1ccccc1)C1CC1)C(=O)Nc1cccc(C#N)c1. The van der Waals surface area contributed by atoms with Gasteiger partial charge < -0.3 is 5.32 Å². The number of hydrogen-bond acceptors (Lipinski definition) is 3. The second-order valence-corrected chi connectivity index (χ2v) is 6.30. The van der Waals surface area contributed by atoms with E-state index >= 15 is 0 Å². The van der Waals surface area contributed by atoms with Gasteiger partial charge in [-0.25, -0.2) is 0 Å². The van der Waals surface area contributed by atoms with Gasteiger partial charge in [0.2, 0.25) is 5.91 Å². The highest BCUT2D eigenvalue weighted by Crippen LogP contribution is 2.41. The van der Waals surface area contributed by atoms with Crippen LogP contribution < -0.4 is 10.6 Å². The van der Waals surface area contributed by atoms with Crippen LogP contribution in [0.15, 0.2) is 54.6 Å². The Kier molecular flexibility index (Phi) is 4.93. The summed E-state index contributed by atoms with van der Waals surface area (Å²) < 4.78 is 0. The van der Waals surface area contributed by atoms with Crippen molar-refractivity contribution in [3.8, 4) is 6.07 Å². The second kappa shape index (κ2) is 7.29. The first kappa shape index (κ1) is 16.2. The maximum absolute atomic E-state index is 12.5. The number of nitrogens with zero attached hydrogens (tertiary/aromatic N) is 1. The summed E-state index contributed by atoms with van der Waals surface area (Å²) >= 11 is 0. The molecule has 0 aliphatic heterocycles. The van der Waals surface area contributed by atoms with Crippen molar-refractivity contribution in [2.24, 2.45) is 5.92 Å². The standard InChI is InChI=1S/C20H21N3O/c1-14(20(24)23-18-9-5-6-15(12-18)13-21)22-19(17-10-11-17)16-7-3-2-4-8-16/h2-9,12,14,17,19,22H,10-11H2,1H3,(H,23,24)/t14-,19+/m1/s1. The first-order chi connectivity index (χ1) is 11.7. The minimum Gasteiger partial charge on any atom is -0.325 e. The molecule has 122 valence electrons. The average Bonchev–Trinajstić information content (AvgIpc) is 3.45. The smallest absolute Gasteiger partial charge is 0.241 e. The van der Waals surface area contributed by atoms with Crippen molar-refractivity contribution in [3.63, 3.8) is 0 Å². The average molecular weight is 319 g/mol. The third-order valence-corrected chi connectivity index (χ3v) is 4.33. The van der Waals surface area contributed by atoms with E-state index < -0.39 is 0 Å². The van der Waals surface area contributed by atoms with Crippen LogP contribution in [-0.2, 0) is 4.79 Å². The maximum atomic E-state index is 12.5. The van der Waals surface area contributed by atoms with Gasteiger partial charge in [0.05, 0.1) is 17.7 Å². The van der Waals surface area contributed by atoms with Crippen LogP contribution in [0.1, 0.15) is 36.9 Å². The van der Waals surface area contributed by atoms with E-state index in [1.165, 1.54) is 18.4 Å². The first-order valence-electron chi connectivity index (χ1n) is 8.29. The van der Waals surface area contributed by atoms with Crippen molar-refractivity contribution in [1.29, 1.82) is 5.26 Å². The molecular formula is C20H21N3O. The summed E-state index contributed by atoms with van der Waals surface area (Å²) in [4.78, 5) is 12.5. The number of rotatable bonds is 6. The van der Waals surface area contributed by atoms with E-state index in [9.17, 15) is 4.79 Å². The summed E-state index contributed by atoms with van der Waals surface area (Å²) in [5.41, 5.74) is 2.41. The molecule has 1 aliphatic carbocycles. The van der Waals surface area contributed by atoms with Crippen LogP contribution in [0.4, 0.5) is 5.69 Å². The van der Waals surface area contributed by atoms with E-state index in [1.54, 1.807) is 24.3 Å². The van der Waals surface area contributed by atoms with Gasteiger partial charge in [0, 0.05) is 11.7 Å². The van der Waals surface area contributed by atoms with Crippen LogP contribution in [0.2, 0.25) is 0 Å². The summed E-state index contributed by atoms with van der Waals surface area (Å²) in [6.07, 6.45) is 2.40. The van der Waals surface area contributed by atoms with Crippen LogP contribution >= 0.6 is 0 Å². The molecule has 4 heteroatoms. The van der Waals surface area contributed by atoms with Gasteiger partial charge in [-0.3, -0.25) is 10.1 Å². The highest BCUT2D eigenvalue weighted by Gasteiger charge is 2.33. The molecule has 2 aromatic rings. The number of hydrogen-bond donors (Lipinski definition) is 2. The van der Waals surface area contributed by atoms with E-state index in [1.807, 2.05) is 25.1 Å². The first-order valence-corrected chi connectivity index (χ1v) is 8.29. The molecule has 2 aromatic carbocycles. The molecule has 4 nitrogen and oxygen atoms in total. The van der Waals surface area contributed by atoms with Crippen molar-refractivity contribution < 1.29 is 4.79 Å². The Morgan fingerprint density at radius 3 is 2.58 bits per heavy atom. The van der Waals surface area contributed by atoms with Gasteiger partial charge in [-0.1, -0.05) is 36.4 Å². The molecule has 1 saturated carbocycles. The minimum absolute atomic E-state index is 0.0910. The lowest BCUT2D eigenvalue weighted by Crippen LogP contribution is -2.40. The number of benzene rings is 2. The molecule has 3 rings (SSSR count). The van der Waals surface area contributed by atoms with Gasteiger partial charge in [0.1, 0.15) is 0 Å². The zero-order chi connectivity index (χ0) is 16.9. The summed E-state index contributed by atoms with van der Waals surface area (Å²) in [6, 6.07) is 19.2. The molecule has 0 unspecified atom stereocenters. The van der Waals surface area contributed by atoms with Crippen molar-refractivity contribution >= 4 is 11.6 Å². The monoisotopic (exact) mass is 319 g/mol. The van der Waals surface area contributed by atoms with Gasteiger partial charge in [-0.05, 0) is 49.4 Å². The van der Waals surface area contributed by atoms with E-state index in [4.69, 9.17) is 5.26 Å². The van der Waals surface area contributed by atoms with Crippen LogP contribution in [0.25, 0.3) is 0 Å². The van der Waals surface area contributed by atoms with Gasteiger partial charge >= 0.3 is 0 Å². The van der Waals surface area contributed by atoms with Crippen LogP contribution in [0.3, 0.4) is 0 Å². The number of nitrogens with one attached hydrogen (secondary N) is 2. The summed E-state index contributed by atoms with van der Waals surface area (Å²) in [7, 11) is 0. The normalized spacial score (nSPS) is 16.0. The Labute approximate surface area is 142 Å². The zero-order valence-corrected chi connectivity index (χ0v) is 13.7. The topological polar surface area (TPSA) is 64.9 Å². The Morgan fingerprint density at radius 2 is 1.92 bits per heavy atom. The molecule has 0 bridgehead atoms. The quantitative estimate of drug-likeness (QED) is 0.854. The van der Waals surface area contributed by atoms with Gasteiger partial charge in [-0.2, -0.15) is 5.26 Å². The fraction of sp³-hybridized carbons (Fsp3) is 0.300. The molecule has 0 heterocycles. The number of carbonyl (C=O) groups is 1. The number of nitriles is 1. The predicted molar refractivity (Wildman–Crippen MR) is 94.3 cm³/mol. The predicted octanol–water partition coefficient (Wildman–Crippen LogP) is 3.63. The molecule has 0 radical (unpaired) electrons. The molecule has 0 saturated heterocycles. The zero-order valence-electron chi connectivity index (χ0n) is 13.7. The molecule has 1 fully saturated rings. The fourth-order valence-electron chi connectivity index (χ4n) is 2.86. The Morgan fingerprint density at radius 1 is 1.17 bits per heavy atom.